The van der Waals surface area contributed by atoms with E-state index in [1.54, 1.807) is 29.0 Å². The lowest BCUT2D eigenvalue weighted by Crippen LogP contribution is -2.25. The lowest BCUT2D eigenvalue weighted by atomic mass is 9.78. The summed E-state index contributed by atoms with van der Waals surface area (Å²) in [5.74, 6) is 0.705. The van der Waals surface area contributed by atoms with E-state index in [2.05, 4.69) is 56.6 Å². The van der Waals surface area contributed by atoms with Crippen molar-refractivity contribution in [2.45, 2.75) is 45.4 Å². The molecule has 0 spiro atoms. The van der Waals surface area contributed by atoms with Crippen molar-refractivity contribution in [1.29, 1.82) is 0 Å². The number of nitrogens with zero attached hydrogens (tertiary/aromatic N) is 4. The number of para-hydroxylation sites is 4. The molecule has 1 aliphatic rings. The molecule has 0 amide bonds. The molecule has 5 heteroatoms. The molecule has 0 fully saturated rings. The van der Waals surface area contributed by atoms with Crippen molar-refractivity contribution in [3.63, 3.8) is 0 Å². The largest absolute Gasteiger partial charge is 0.457 e. The number of pyridine rings is 1. The minimum atomic E-state index is -0.494. The highest BCUT2D eigenvalue weighted by Gasteiger charge is 2.32. The minimum Gasteiger partial charge on any atom is -0.457 e. The van der Waals surface area contributed by atoms with Crippen LogP contribution >= 0.6 is 0 Å². The van der Waals surface area contributed by atoms with Crippen LogP contribution in [0.15, 0.2) is 212 Å². The predicted molar refractivity (Wildman–Crippen MR) is 275 cm³/mol. The van der Waals surface area contributed by atoms with E-state index >= 15 is 0 Å². The van der Waals surface area contributed by atoms with Gasteiger partial charge >= 0.3 is 0 Å². The van der Waals surface area contributed by atoms with Gasteiger partial charge in [-0.2, -0.15) is 0 Å². The number of ether oxygens (including phenoxy) is 1. The minimum absolute atomic E-state index is 0.0119. The summed E-state index contributed by atoms with van der Waals surface area (Å²) in [6, 6.07) is 40.5. The van der Waals surface area contributed by atoms with Crippen LogP contribution < -0.4 is 14.5 Å². The fourth-order valence-corrected chi connectivity index (χ4v) is 9.08. The van der Waals surface area contributed by atoms with Gasteiger partial charge in [0.1, 0.15) is 24.0 Å². The van der Waals surface area contributed by atoms with Gasteiger partial charge in [0, 0.05) is 51.3 Å². The Bertz CT molecular complexity index is 4030. The first-order valence-corrected chi connectivity index (χ1v) is 22.0. The van der Waals surface area contributed by atoms with E-state index < -0.39 is 35.6 Å². The second-order valence-electron chi connectivity index (χ2n) is 18.1. The van der Waals surface area contributed by atoms with E-state index in [-0.39, 0.29) is 75.9 Å². The molecule has 11 rings (SSSR count). The van der Waals surface area contributed by atoms with Gasteiger partial charge in [-0.25, -0.2) is 4.98 Å². The summed E-state index contributed by atoms with van der Waals surface area (Å²) < 4.78 is 107. The van der Waals surface area contributed by atoms with Gasteiger partial charge in [0.05, 0.1) is 43.2 Å². The summed E-state index contributed by atoms with van der Waals surface area (Å²) in [6.07, 6.45) is 1.67. The summed E-state index contributed by atoms with van der Waals surface area (Å²) in [6.45, 7) is 10.9. The van der Waals surface area contributed by atoms with Crippen LogP contribution in [0, 0.1) is 0 Å². The van der Waals surface area contributed by atoms with E-state index in [0.29, 0.717) is 34.0 Å². The maximum Gasteiger partial charge on any atom is 0.137 e. The number of hydrogen-bond donors (Lipinski definition) is 0. The number of hydrogen-bond acceptors (Lipinski definition) is 4. The van der Waals surface area contributed by atoms with Crippen molar-refractivity contribution < 1.29 is 19.8 Å². The molecule has 322 valence electrons. The van der Waals surface area contributed by atoms with Crippen molar-refractivity contribution in [2.75, 3.05) is 16.5 Å². The maximum atomic E-state index is 9.50. The van der Waals surface area contributed by atoms with Crippen LogP contribution in [-0.4, -0.2) is 16.2 Å². The SMILES string of the molecule is [2H]c1c([2H])c([2H])c(-c2cccc(-c3cccc(C(C)(C)C)c3)c2N2CN(c3cccc(Oc4cc5c(c([2H])c4[2H])c4c([2H])c([2H])c([2H])c([2H])c4n5-c4cc(C(C)(C)c5ccccc5)ccn4)c3)c3ccccc32)c([2H])c1[2H]. The molecular formula is C61H52N4O. The molecular weight excluding hydrogens is 805 g/mol. The van der Waals surface area contributed by atoms with Crippen LogP contribution in [0.1, 0.15) is 66.4 Å². The molecule has 3 heterocycles. The first kappa shape index (κ1) is 30.3. The summed E-state index contributed by atoms with van der Waals surface area (Å²) in [5.41, 5.74) is 8.01. The summed E-state index contributed by atoms with van der Waals surface area (Å²) >= 11 is 0. The van der Waals surface area contributed by atoms with Crippen LogP contribution in [0.2, 0.25) is 0 Å². The van der Waals surface area contributed by atoms with E-state index in [0.717, 1.165) is 39.2 Å². The molecule has 66 heavy (non-hydrogen) atoms. The highest BCUT2D eigenvalue weighted by Crippen LogP contribution is 2.50. The Hall–Kier alpha value is -7.89. The zero-order valence-corrected chi connectivity index (χ0v) is 37.3. The molecule has 0 atom stereocenters. The lowest BCUT2D eigenvalue weighted by molar-refractivity contribution is 0.483. The van der Waals surface area contributed by atoms with Gasteiger partial charge in [0.15, 0.2) is 0 Å². The molecule has 2 aromatic heterocycles. The maximum absolute atomic E-state index is 9.50. The lowest BCUT2D eigenvalue weighted by Gasteiger charge is -2.28. The van der Waals surface area contributed by atoms with E-state index in [1.165, 1.54) is 0 Å². The third-order valence-corrected chi connectivity index (χ3v) is 12.6. The summed E-state index contributed by atoms with van der Waals surface area (Å²) in [7, 11) is 0. The summed E-state index contributed by atoms with van der Waals surface area (Å²) in [4.78, 5) is 8.96. The standard InChI is InChI=1S/C61H52N4O/c1-60(2,3)45-24-16-21-43(37-45)51-29-18-28-50(42-19-8-6-9-20-42)59(51)64-41-63(55-31-14-15-32-56(55)64)47-25-17-26-48(39-47)66-49-33-34-53-52-27-12-13-30-54(52)65(57(53)40-49)58-38-46(35-36-62-58)61(4,5)44-22-10-7-11-23-44/h6-40H,41H2,1-5H3/i6D,8D,9D,12D,13D,19D,20D,27D,30D,33D,34D. The number of fused-ring (bicyclic) bond motifs is 4. The van der Waals surface area contributed by atoms with Crippen molar-refractivity contribution in [3.05, 3.63) is 229 Å². The Kier molecular flexibility index (Phi) is 7.47. The van der Waals surface area contributed by atoms with Gasteiger partial charge in [-0.3, -0.25) is 4.57 Å². The van der Waals surface area contributed by atoms with E-state index in [9.17, 15) is 4.11 Å². The van der Waals surface area contributed by atoms with Crippen LogP contribution in [-0.2, 0) is 10.8 Å². The molecule has 5 nitrogen and oxygen atoms in total. The van der Waals surface area contributed by atoms with Crippen LogP contribution in [0.25, 0.3) is 49.9 Å². The van der Waals surface area contributed by atoms with Crippen LogP contribution in [0.4, 0.5) is 22.7 Å². The molecule has 10 aromatic rings. The quantitative estimate of drug-likeness (QED) is 0.145. The van der Waals surface area contributed by atoms with Gasteiger partial charge in [-0.05, 0) is 87.8 Å². The molecule has 0 unspecified atom stereocenters. The zero-order chi connectivity index (χ0) is 54.6. The Labute approximate surface area is 403 Å². The normalized spacial score (nSPS) is 15.1. The molecule has 0 saturated carbocycles. The molecule has 1 aliphatic heterocycles. The van der Waals surface area contributed by atoms with Crippen molar-refractivity contribution in [3.8, 4) is 39.6 Å². The molecule has 0 radical (unpaired) electrons. The molecule has 0 bridgehead atoms. The van der Waals surface area contributed by atoms with Crippen molar-refractivity contribution >= 4 is 44.6 Å². The van der Waals surface area contributed by atoms with Crippen LogP contribution in [0.5, 0.6) is 11.5 Å². The Morgan fingerprint density at radius 2 is 1.20 bits per heavy atom. The topological polar surface area (TPSA) is 33.5 Å². The van der Waals surface area contributed by atoms with Crippen molar-refractivity contribution in [1.82, 2.24) is 9.55 Å². The number of benzene rings is 8. The molecule has 0 saturated heterocycles. The summed E-state index contributed by atoms with van der Waals surface area (Å²) in [5, 5.41) is 0.262. The molecule has 0 aliphatic carbocycles. The second kappa shape index (κ2) is 16.3. The first-order valence-electron chi connectivity index (χ1n) is 27.5. The Balaban J connectivity index is 1.04. The van der Waals surface area contributed by atoms with Gasteiger partial charge in [-0.1, -0.05) is 174 Å². The first-order chi connectivity index (χ1) is 36.7. The molecule has 8 aromatic carbocycles. The van der Waals surface area contributed by atoms with Gasteiger partial charge in [0.2, 0.25) is 0 Å². The number of anilines is 4. The third kappa shape index (κ3) is 7.27. The van der Waals surface area contributed by atoms with E-state index in [4.69, 9.17) is 20.7 Å². The van der Waals surface area contributed by atoms with Crippen LogP contribution in [0.3, 0.4) is 0 Å². The number of rotatable bonds is 9. The highest BCUT2D eigenvalue weighted by atomic mass is 16.5. The van der Waals surface area contributed by atoms with Crippen molar-refractivity contribution in [2.24, 2.45) is 0 Å². The van der Waals surface area contributed by atoms with E-state index in [1.807, 2.05) is 109 Å². The Morgan fingerprint density at radius 3 is 2.00 bits per heavy atom. The highest BCUT2D eigenvalue weighted by molar-refractivity contribution is 6.09. The second-order valence-corrected chi connectivity index (χ2v) is 18.1. The fraction of sp³-hybridized carbons (Fsp3) is 0.131. The van der Waals surface area contributed by atoms with Gasteiger partial charge in [-0.15, -0.1) is 0 Å². The average molecular weight is 868 g/mol. The van der Waals surface area contributed by atoms with Gasteiger partial charge < -0.3 is 14.5 Å². The predicted octanol–water partition coefficient (Wildman–Crippen LogP) is 16.2. The Morgan fingerprint density at radius 1 is 0.515 bits per heavy atom. The third-order valence-electron chi connectivity index (χ3n) is 12.6. The number of aromatic nitrogens is 2. The fourth-order valence-electron chi connectivity index (χ4n) is 9.08. The smallest absolute Gasteiger partial charge is 0.137 e. The zero-order valence-electron chi connectivity index (χ0n) is 48.3. The average Bonchev–Trinajstić information content (AvgIpc) is 4.19. The van der Waals surface area contributed by atoms with Gasteiger partial charge in [0.25, 0.3) is 0 Å². The monoisotopic (exact) mass is 867 g/mol. The molecule has 0 N–H and O–H groups in total.